The smallest absolute Gasteiger partial charge is 0.0541 e. The van der Waals surface area contributed by atoms with Gasteiger partial charge in [-0.25, -0.2) is 0 Å². The van der Waals surface area contributed by atoms with Gasteiger partial charge in [-0.05, 0) is 127 Å². The van der Waals surface area contributed by atoms with Gasteiger partial charge in [0.1, 0.15) is 0 Å². The molecule has 0 aliphatic heterocycles. The molecule has 1 heterocycles. The van der Waals surface area contributed by atoms with E-state index in [1.807, 2.05) is 0 Å². The van der Waals surface area contributed by atoms with Crippen LogP contribution in [0.2, 0.25) is 0 Å². The number of para-hydroxylation sites is 1. The molecule has 0 atom stereocenters. The molecule has 0 aliphatic carbocycles. The maximum Gasteiger partial charge on any atom is 0.0541 e. The standard InChI is InChI=1S/C54H39N/c1-3-36(2)42-28-32-48-50(34-42)54(40-16-8-5-9-17-40)47-20-11-10-19-46(47)53(48)41-26-30-44(31-27-41)55-51-21-13-12-18-45(51)49-35-43(29-33-52(49)55)39-24-22-38(23-25-39)37-14-6-4-7-15-37/h3-35H,1-2H3/b36-3+. The first-order valence-electron chi connectivity index (χ1n) is 19.1. The third kappa shape index (κ3) is 5.56. The van der Waals surface area contributed by atoms with E-state index in [1.165, 1.54) is 99.0 Å². The number of nitrogens with zero attached hydrogens (tertiary/aromatic N) is 1. The zero-order valence-electron chi connectivity index (χ0n) is 31.0. The van der Waals surface area contributed by atoms with Crippen molar-refractivity contribution in [3.63, 3.8) is 0 Å². The lowest BCUT2D eigenvalue weighted by Gasteiger charge is -2.19. The molecule has 0 unspecified atom stereocenters. The van der Waals surface area contributed by atoms with Crippen LogP contribution in [0.3, 0.4) is 0 Å². The Morgan fingerprint density at radius 1 is 0.364 bits per heavy atom. The van der Waals surface area contributed by atoms with Gasteiger partial charge in [-0.3, -0.25) is 0 Å². The molecule has 0 saturated heterocycles. The molecular formula is C54H39N. The highest BCUT2D eigenvalue weighted by molar-refractivity contribution is 6.22. The van der Waals surface area contributed by atoms with Gasteiger partial charge in [-0.1, -0.05) is 164 Å². The van der Waals surface area contributed by atoms with Gasteiger partial charge in [0.05, 0.1) is 11.0 Å². The van der Waals surface area contributed by atoms with Gasteiger partial charge in [-0.15, -0.1) is 0 Å². The molecular weight excluding hydrogens is 663 g/mol. The van der Waals surface area contributed by atoms with Gasteiger partial charge in [0, 0.05) is 16.5 Å². The molecule has 10 aromatic rings. The van der Waals surface area contributed by atoms with Crippen LogP contribution in [0, 0.1) is 0 Å². The number of fused-ring (bicyclic) bond motifs is 5. The first kappa shape index (κ1) is 32.7. The first-order valence-corrected chi connectivity index (χ1v) is 19.1. The number of allylic oxidation sites excluding steroid dienone is 2. The highest BCUT2D eigenvalue weighted by Crippen LogP contribution is 2.45. The summed E-state index contributed by atoms with van der Waals surface area (Å²) in [4.78, 5) is 0. The minimum Gasteiger partial charge on any atom is -0.309 e. The summed E-state index contributed by atoms with van der Waals surface area (Å²) in [6, 6.07) is 71.2. The molecule has 260 valence electrons. The highest BCUT2D eigenvalue weighted by atomic mass is 15.0. The second kappa shape index (κ2) is 13.5. The van der Waals surface area contributed by atoms with Crippen LogP contribution in [0.4, 0.5) is 0 Å². The molecule has 55 heavy (non-hydrogen) atoms. The van der Waals surface area contributed by atoms with Crippen LogP contribution < -0.4 is 0 Å². The fourth-order valence-electron chi connectivity index (χ4n) is 8.51. The van der Waals surface area contributed by atoms with Crippen LogP contribution >= 0.6 is 0 Å². The van der Waals surface area contributed by atoms with Crippen LogP contribution in [0.5, 0.6) is 0 Å². The lowest BCUT2D eigenvalue weighted by atomic mass is 9.85. The number of benzene rings is 9. The first-order chi connectivity index (χ1) is 27.2. The summed E-state index contributed by atoms with van der Waals surface area (Å²) >= 11 is 0. The summed E-state index contributed by atoms with van der Waals surface area (Å²) in [5.74, 6) is 0. The van der Waals surface area contributed by atoms with E-state index in [1.54, 1.807) is 0 Å². The summed E-state index contributed by atoms with van der Waals surface area (Å²) in [5.41, 5.74) is 16.0. The van der Waals surface area contributed by atoms with Gasteiger partial charge in [-0.2, -0.15) is 0 Å². The van der Waals surface area contributed by atoms with Crippen molar-refractivity contribution in [1.29, 1.82) is 0 Å². The molecule has 0 radical (unpaired) electrons. The Kier molecular flexibility index (Phi) is 8.00. The molecule has 1 nitrogen and oxygen atoms in total. The zero-order valence-corrected chi connectivity index (χ0v) is 31.0. The van der Waals surface area contributed by atoms with Crippen molar-refractivity contribution in [3.05, 3.63) is 206 Å². The maximum absolute atomic E-state index is 2.41. The van der Waals surface area contributed by atoms with Crippen molar-refractivity contribution in [1.82, 2.24) is 4.57 Å². The molecule has 10 rings (SSSR count). The van der Waals surface area contributed by atoms with Crippen LogP contribution in [-0.4, -0.2) is 4.57 Å². The molecule has 1 heteroatoms. The third-order valence-electron chi connectivity index (χ3n) is 11.4. The van der Waals surface area contributed by atoms with E-state index in [2.05, 4.69) is 219 Å². The SMILES string of the molecule is C/C=C(\C)c1ccc2c(-c3ccc(-n4c5ccccc5c5cc(-c6ccc(-c7ccccc7)cc6)ccc54)cc3)c3ccccc3c(-c3ccccc3)c2c1. The van der Waals surface area contributed by atoms with Crippen molar-refractivity contribution in [2.45, 2.75) is 13.8 Å². The van der Waals surface area contributed by atoms with E-state index >= 15 is 0 Å². The Morgan fingerprint density at radius 2 is 0.836 bits per heavy atom. The van der Waals surface area contributed by atoms with Gasteiger partial charge < -0.3 is 4.57 Å². The minimum atomic E-state index is 1.15. The summed E-state index contributed by atoms with van der Waals surface area (Å²) in [6.07, 6.45) is 2.20. The molecule has 1 aromatic heterocycles. The van der Waals surface area contributed by atoms with E-state index in [0.717, 1.165) is 5.69 Å². The minimum absolute atomic E-state index is 1.15. The maximum atomic E-state index is 2.41. The van der Waals surface area contributed by atoms with E-state index < -0.39 is 0 Å². The average Bonchev–Trinajstić information content (AvgIpc) is 3.59. The molecule has 0 amide bonds. The van der Waals surface area contributed by atoms with Gasteiger partial charge >= 0.3 is 0 Å². The monoisotopic (exact) mass is 701 g/mol. The lowest BCUT2D eigenvalue weighted by Crippen LogP contribution is -1.95. The van der Waals surface area contributed by atoms with Crippen molar-refractivity contribution < 1.29 is 0 Å². The number of hydrogen-bond donors (Lipinski definition) is 0. The summed E-state index contributed by atoms with van der Waals surface area (Å²) < 4.78 is 2.41. The van der Waals surface area contributed by atoms with E-state index in [4.69, 9.17) is 0 Å². The highest BCUT2D eigenvalue weighted by Gasteiger charge is 2.18. The van der Waals surface area contributed by atoms with Crippen molar-refractivity contribution in [2.24, 2.45) is 0 Å². The molecule has 0 spiro atoms. The Labute approximate surface area is 322 Å². The predicted octanol–water partition coefficient (Wildman–Crippen LogP) is 15.2. The molecule has 0 N–H and O–H groups in total. The fraction of sp³-hybridized carbons (Fsp3) is 0.0370. The molecule has 0 saturated carbocycles. The Bertz CT molecular complexity index is 3060. The third-order valence-corrected chi connectivity index (χ3v) is 11.4. The van der Waals surface area contributed by atoms with Crippen LogP contribution in [0.15, 0.2) is 200 Å². The molecule has 0 aliphatic rings. The second-order valence-electron chi connectivity index (χ2n) is 14.5. The van der Waals surface area contributed by atoms with E-state index in [0.29, 0.717) is 0 Å². The number of hydrogen-bond acceptors (Lipinski definition) is 0. The van der Waals surface area contributed by atoms with Crippen molar-refractivity contribution >= 4 is 48.9 Å². The van der Waals surface area contributed by atoms with Gasteiger partial charge in [0.25, 0.3) is 0 Å². The number of aromatic nitrogens is 1. The fourth-order valence-corrected chi connectivity index (χ4v) is 8.51. The Morgan fingerprint density at radius 3 is 1.51 bits per heavy atom. The second-order valence-corrected chi connectivity index (χ2v) is 14.5. The van der Waals surface area contributed by atoms with E-state index in [-0.39, 0.29) is 0 Å². The normalized spacial score (nSPS) is 11.9. The summed E-state index contributed by atoms with van der Waals surface area (Å²) in [5, 5.41) is 7.58. The largest absolute Gasteiger partial charge is 0.309 e. The molecule has 0 fully saturated rings. The topological polar surface area (TPSA) is 4.93 Å². The van der Waals surface area contributed by atoms with Gasteiger partial charge in [0.2, 0.25) is 0 Å². The van der Waals surface area contributed by atoms with Crippen LogP contribution in [-0.2, 0) is 0 Å². The Balaban J connectivity index is 1.11. The Hall–Kier alpha value is -6.96. The predicted molar refractivity (Wildman–Crippen MR) is 237 cm³/mol. The van der Waals surface area contributed by atoms with Crippen LogP contribution in [0.25, 0.3) is 99.1 Å². The van der Waals surface area contributed by atoms with Crippen LogP contribution in [0.1, 0.15) is 19.4 Å². The van der Waals surface area contributed by atoms with Crippen molar-refractivity contribution in [3.8, 4) is 50.2 Å². The summed E-state index contributed by atoms with van der Waals surface area (Å²) in [6.45, 7) is 4.31. The number of rotatable bonds is 6. The molecule has 0 bridgehead atoms. The van der Waals surface area contributed by atoms with Gasteiger partial charge in [0.15, 0.2) is 0 Å². The van der Waals surface area contributed by atoms with Crippen molar-refractivity contribution in [2.75, 3.05) is 0 Å². The quantitative estimate of drug-likeness (QED) is 0.152. The average molecular weight is 702 g/mol. The lowest BCUT2D eigenvalue weighted by molar-refractivity contribution is 1.18. The molecule has 9 aromatic carbocycles. The summed E-state index contributed by atoms with van der Waals surface area (Å²) in [7, 11) is 0. The zero-order chi connectivity index (χ0) is 36.9. The van der Waals surface area contributed by atoms with E-state index in [9.17, 15) is 0 Å².